The highest BCUT2D eigenvalue weighted by Crippen LogP contribution is 2.34. The first-order valence-corrected chi connectivity index (χ1v) is 14.8. The molecular formula is C36H30F3NO9. The monoisotopic (exact) mass is 677 g/mol. The van der Waals surface area contributed by atoms with Gasteiger partial charge < -0.3 is 25.0 Å². The Hall–Kier alpha value is -5.98. The lowest BCUT2D eigenvalue weighted by atomic mass is 9.81. The molecule has 254 valence electrons. The number of amides is 1. The van der Waals surface area contributed by atoms with E-state index in [1.165, 1.54) is 67.6 Å². The lowest BCUT2D eigenvalue weighted by Crippen LogP contribution is -2.48. The first kappa shape index (κ1) is 35.9. The summed E-state index contributed by atoms with van der Waals surface area (Å²) in [5, 5.41) is 22.3. The van der Waals surface area contributed by atoms with Gasteiger partial charge in [-0.1, -0.05) is 73.2 Å². The molecule has 0 aromatic heterocycles. The molecule has 0 fully saturated rings. The second kappa shape index (κ2) is 14.8. The molecule has 0 spiro atoms. The highest BCUT2D eigenvalue weighted by atomic mass is 19.4. The number of alkyl halides is 3. The normalized spacial score (nSPS) is 11.4. The summed E-state index contributed by atoms with van der Waals surface area (Å²) in [6.45, 7) is 2.28. The number of halogens is 3. The predicted octanol–water partition coefficient (Wildman–Crippen LogP) is 6.44. The number of carbonyl (C=O) groups excluding carboxylic acids is 3. The number of anilines is 1. The van der Waals surface area contributed by atoms with E-state index in [2.05, 4.69) is 5.32 Å². The summed E-state index contributed by atoms with van der Waals surface area (Å²) in [7, 11) is 0. The van der Waals surface area contributed by atoms with Gasteiger partial charge >= 0.3 is 30.1 Å². The number of carboxylic acid groups (broad SMARTS) is 2. The number of hydrogen-bond acceptors (Lipinski definition) is 7. The van der Waals surface area contributed by atoms with Crippen molar-refractivity contribution in [2.24, 2.45) is 0 Å². The highest BCUT2D eigenvalue weighted by molar-refractivity contribution is 6.09. The minimum absolute atomic E-state index is 0.0303. The van der Waals surface area contributed by atoms with Gasteiger partial charge in [-0.15, -0.1) is 0 Å². The van der Waals surface area contributed by atoms with Gasteiger partial charge in [-0.05, 0) is 59.5 Å². The van der Waals surface area contributed by atoms with Crippen molar-refractivity contribution in [3.8, 4) is 16.9 Å². The van der Waals surface area contributed by atoms with E-state index in [-0.39, 0.29) is 34.5 Å². The van der Waals surface area contributed by atoms with Gasteiger partial charge in [0.1, 0.15) is 6.61 Å². The number of ether oxygens (including phenoxy) is 2. The Morgan fingerprint density at radius 2 is 1.43 bits per heavy atom. The van der Waals surface area contributed by atoms with Crippen molar-refractivity contribution in [1.82, 2.24) is 0 Å². The Kier molecular flexibility index (Phi) is 10.9. The molecule has 4 aromatic carbocycles. The maximum absolute atomic E-state index is 13.5. The number of aliphatic carboxylic acids is 2. The molecular weight excluding hydrogens is 647 g/mol. The minimum Gasteiger partial charge on any atom is -0.480 e. The Bertz CT molecular complexity index is 1870. The molecule has 0 saturated heterocycles. The predicted molar refractivity (Wildman–Crippen MR) is 170 cm³/mol. The average Bonchev–Trinajstić information content (AvgIpc) is 3.06. The number of esters is 2. The van der Waals surface area contributed by atoms with Crippen molar-refractivity contribution < 1.29 is 56.8 Å². The topological polar surface area (TPSA) is 156 Å². The summed E-state index contributed by atoms with van der Waals surface area (Å²) < 4.78 is 49.9. The van der Waals surface area contributed by atoms with Crippen LogP contribution in [0.1, 0.15) is 46.0 Å². The molecule has 13 heteroatoms. The molecule has 3 N–H and O–H groups in total. The molecule has 4 rings (SSSR count). The van der Waals surface area contributed by atoms with Crippen molar-refractivity contribution in [1.29, 1.82) is 0 Å². The van der Waals surface area contributed by atoms with E-state index < -0.39 is 60.0 Å². The maximum atomic E-state index is 13.5. The van der Waals surface area contributed by atoms with E-state index in [1.807, 2.05) is 0 Å². The Balaban J connectivity index is 1.58. The number of hydrogen-bond donors (Lipinski definition) is 3. The van der Waals surface area contributed by atoms with Crippen molar-refractivity contribution in [2.75, 3.05) is 11.9 Å². The number of nitrogens with one attached hydrogen (secondary N) is 1. The molecule has 10 nitrogen and oxygen atoms in total. The zero-order chi connectivity index (χ0) is 35.9. The number of rotatable bonds is 12. The molecule has 0 radical (unpaired) electrons. The van der Waals surface area contributed by atoms with Gasteiger partial charge in [0.05, 0.1) is 17.7 Å². The van der Waals surface area contributed by atoms with E-state index in [0.717, 1.165) is 17.7 Å². The van der Waals surface area contributed by atoms with Crippen LogP contribution >= 0.6 is 0 Å². The number of aryl methyl sites for hydroxylation is 1. The Morgan fingerprint density at radius 1 is 0.776 bits per heavy atom. The van der Waals surface area contributed by atoms with Gasteiger partial charge in [0.15, 0.2) is 5.75 Å². The van der Waals surface area contributed by atoms with Crippen molar-refractivity contribution in [3.05, 3.63) is 119 Å². The average molecular weight is 678 g/mol. The van der Waals surface area contributed by atoms with Crippen LogP contribution in [-0.4, -0.2) is 46.6 Å². The quantitative estimate of drug-likeness (QED) is 0.0872. The molecule has 1 amide bonds. The van der Waals surface area contributed by atoms with E-state index in [1.54, 1.807) is 25.1 Å². The van der Waals surface area contributed by atoms with E-state index in [0.29, 0.717) is 11.1 Å². The lowest BCUT2D eigenvalue weighted by Gasteiger charge is -2.25. The number of benzene rings is 4. The summed E-state index contributed by atoms with van der Waals surface area (Å²) in [6.07, 6.45) is -5.06. The second-order valence-corrected chi connectivity index (χ2v) is 11.0. The molecule has 0 aliphatic heterocycles. The molecule has 0 unspecified atom stereocenters. The summed E-state index contributed by atoms with van der Waals surface area (Å²) in [5.41, 5.74) is -1.70. The molecule has 0 bridgehead atoms. The van der Waals surface area contributed by atoms with Crippen LogP contribution in [-0.2, 0) is 41.9 Å². The molecule has 0 saturated carbocycles. The van der Waals surface area contributed by atoms with E-state index in [4.69, 9.17) is 9.47 Å². The summed E-state index contributed by atoms with van der Waals surface area (Å²) in [6, 6.07) is 20.2. The first-order chi connectivity index (χ1) is 23.1. The lowest BCUT2D eigenvalue weighted by molar-refractivity contribution is -0.164. The summed E-state index contributed by atoms with van der Waals surface area (Å²) in [5.74, 6) is -5.93. The van der Waals surface area contributed by atoms with Gasteiger partial charge in [0.25, 0.3) is 5.91 Å². The fourth-order valence-electron chi connectivity index (χ4n) is 4.86. The number of carbonyl (C=O) groups is 5. The molecule has 0 atom stereocenters. The van der Waals surface area contributed by atoms with Crippen LogP contribution in [0.2, 0.25) is 0 Å². The van der Waals surface area contributed by atoms with Crippen LogP contribution in [0.5, 0.6) is 5.75 Å². The fourth-order valence-corrected chi connectivity index (χ4v) is 4.86. The molecule has 0 aliphatic rings. The molecule has 0 aliphatic carbocycles. The first-order valence-electron chi connectivity index (χ1n) is 14.8. The van der Waals surface area contributed by atoms with Gasteiger partial charge in [-0.3, -0.25) is 24.0 Å². The third-order valence-electron chi connectivity index (χ3n) is 7.54. The van der Waals surface area contributed by atoms with Crippen LogP contribution < -0.4 is 10.1 Å². The van der Waals surface area contributed by atoms with Crippen LogP contribution in [0.25, 0.3) is 11.1 Å². The Labute approximate surface area is 278 Å². The fraction of sp³-hybridized carbons (Fsp3) is 0.194. The summed E-state index contributed by atoms with van der Waals surface area (Å²) >= 11 is 0. The zero-order valence-electron chi connectivity index (χ0n) is 26.2. The zero-order valence-corrected chi connectivity index (χ0v) is 26.2. The van der Waals surface area contributed by atoms with Gasteiger partial charge in [0, 0.05) is 12.0 Å². The van der Waals surface area contributed by atoms with Crippen molar-refractivity contribution >= 4 is 35.5 Å². The van der Waals surface area contributed by atoms with Gasteiger partial charge in [-0.25, -0.2) is 0 Å². The standard InChI is InChI=1S/C36H30F3NO9/c1-3-30(41)49-29-18-22(19-31(42)48-20-35(33(44)45,34(46)47)24-7-5-4-6-8-24)10-16-28(29)40-32(43)26-15-9-21(2)17-27(26)23-11-13-25(14-12-23)36(37,38)39/h4-18H,3,19-20H2,1-2H3,(H,40,43)(H,44,45)(H,46,47). The third-order valence-corrected chi connectivity index (χ3v) is 7.54. The highest BCUT2D eigenvalue weighted by Gasteiger charge is 2.50. The van der Waals surface area contributed by atoms with Crippen LogP contribution in [0.4, 0.5) is 18.9 Å². The largest absolute Gasteiger partial charge is 0.480 e. The van der Waals surface area contributed by atoms with Crippen LogP contribution in [0.3, 0.4) is 0 Å². The summed E-state index contributed by atoms with van der Waals surface area (Å²) in [4.78, 5) is 62.8. The number of carboxylic acids is 2. The van der Waals surface area contributed by atoms with E-state index in [9.17, 15) is 47.4 Å². The second-order valence-electron chi connectivity index (χ2n) is 11.0. The van der Waals surface area contributed by atoms with Gasteiger partial charge in [0.2, 0.25) is 5.41 Å². The van der Waals surface area contributed by atoms with Crippen molar-refractivity contribution in [3.63, 3.8) is 0 Å². The minimum atomic E-state index is -4.54. The third kappa shape index (κ3) is 8.30. The van der Waals surface area contributed by atoms with Crippen molar-refractivity contribution in [2.45, 2.75) is 38.3 Å². The van der Waals surface area contributed by atoms with Crippen LogP contribution in [0, 0.1) is 6.92 Å². The molecule has 4 aromatic rings. The molecule has 49 heavy (non-hydrogen) atoms. The smallest absolute Gasteiger partial charge is 0.416 e. The van der Waals surface area contributed by atoms with Crippen LogP contribution in [0.15, 0.2) is 91.0 Å². The Morgan fingerprint density at radius 3 is 2.02 bits per heavy atom. The maximum Gasteiger partial charge on any atom is 0.416 e. The molecule has 0 heterocycles. The van der Waals surface area contributed by atoms with E-state index >= 15 is 0 Å². The van der Waals surface area contributed by atoms with Gasteiger partial charge in [-0.2, -0.15) is 13.2 Å². The SMILES string of the molecule is CCC(=O)Oc1cc(CC(=O)OCC(C(=O)O)(C(=O)O)c2ccccc2)ccc1NC(=O)c1ccc(C)cc1-c1ccc(C(F)(F)F)cc1.